The highest BCUT2D eigenvalue weighted by molar-refractivity contribution is 7.15. The molecule has 4 heterocycles. The molecule has 1 N–H and O–H groups in total. The number of aliphatic carboxylic acids is 1. The van der Waals surface area contributed by atoms with Crippen LogP contribution < -0.4 is 15.7 Å². The van der Waals surface area contributed by atoms with Crippen LogP contribution in [0.5, 0.6) is 0 Å². The molecule has 0 saturated carbocycles. The SMILES string of the molecule is CC(=O)O.O=c1nc2sc(=Cc3cn(-c4ccccc4)nc3-c3cccs3)c(=O)n2nc1-c1ccccc1. The Balaban J connectivity index is 0.000000689. The zero-order valence-electron chi connectivity index (χ0n) is 19.9. The van der Waals surface area contributed by atoms with Crippen molar-refractivity contribution in [1.29, 1.82) is 0 Å². The molecule has 0 saturated heterocycles. The minimum Gasteiger partial charge on any atom is -0.481 e. The number of thiazole rings is 1. The van der Waals surface area contributed by atoms with E-state index in [1.807, 2.05) is 72.2 Å². The maximum absolute atomic E-state index is 13.2. The number of carbonyl (C=O) groups is 1. The molecule has 0 aliphatic heterocycles. The van der Waals surface area contributed by atoms with Gasteiger partial charge in [-0.05, 0) is 29.7 Å². The first-order chi connectivity index (χ1) is 18.4. The van der Waals surface area contributed by atoms with E-state index in [2.05, 4.69) is 10.1 Å². The van der Waals surface area contributed by atoms with Gasteiger partial charge in [-0.15, -0.1) is 11.3 Å². The minimum atomic E-state index is -0.833. The van der Waals surface area contributed by atoms with Crippen molar-refractivity contribution in [3.05, 3.63) is 115 Å². The number of para-hydroxylation sites is 1. The molecular weight excluding hydrogens is 522 g/mol. The Bertz CT molecular complexity index is 1890. The van der Waals surface area contributed by atoms with Crippen molar-refractivity contribution < 1.29 is 9.90 Å². The van der Waals surface area contributed by atoms with Crippen LogP contribution in [0.25, 0.3) is 38.6 Å². The summed E-state index contributed by atoms with van der Waals surface area (Å²) in [6, 6.07) is 22.8. The van der Waals surface area contributed by atoms with Crippen molar-refractivity contribution in [2.24, 2.45) is 0 Å². The number of hydrogen-bond acceptors (Lipinski definition) is 8. The van der Waals surface area contributed by atoms with Crippen LogP contribution in [-0.4, -0.2) is 35.5 Å². The van der Waals surface area contributed by atoms with E-state index in [1.54, 1.807) is 34.2 Å². The Labute approximate surface area is 223 Å². The average molecular weight is 542 g/mol. The number of benzene rings is 2. The Morgan fingerprint density at radius 1 is 0.921 bits per heavy atom. The van der Waals surface area contributed by atoms with Crippen LogP contribution in [0.1, 0.15) is 12.5 Å². The van der Waals surface area contributed by atoms with Crippen molar-refractivity contribution in [2.45, 2.75) is 6.92 Å². The molecule has 0 fully saturated rings. The average Bonchev–Trinajstić information content (AvgIpc) is 3.65. The molecule has 188 valence electrons. The fourth-order valence-corrected chi connectivity index (χ4v) is 5.26. The van der Waals surface area contributed by atoms with Crippen LogP contribution in [0.15, 0.2) is 94.0 Å². The lowest BCUT2D eigenvalue weighted by atomic mass is 10.2. The summed E-state index contributed by atoms with van der Waals surface area (Å²) < 4.78 is 3.42. The summed E-state index contributed by atoms with van der Waals surface area (Å²) in [4.78, 5) is 40.2. The van der Waals surface area contributed by atoms with E-state index >= 15 is 0 Å². The first-order valence-corrected chi connectivity index (χ1v) is 13.0. The van der Waals surface area contributed by atoms with E-state index in [0.29, 0.717) is 10.1 Å². The molecule has 0 aliphatic rings. The first-order valence-electron chi connectivity index (χ1n) is 11.3. The van der Waals surface area contributed by atoms with E-state index in [1.165, 1.54) is 4.52 Å². The predicted molar refractivity (Wildman–Crippen MR) is 148 cm³/mol. The third-order valence-corrected chi connectivity index (χ3v) is 7.07. The number of carboxylic acids is 1. The number of carboxylic acid groups (broad SMARTS) is 1. The van der Waals surface area contributed by atoms with Gasteiger partial charge in [0.2, 0.25) is 4.96 Å². The zero-order chi connectivity index (χ0) is 26.6. The van der Waals surface area contributed by atoms with Gasteiger partial charge in [-0.25, -0.2) is 4.68 Å². The highest BCUT2D eigenvalue weighted by Crippen LogP contribution is 2.28. The third kappa shape index (κ3) is 5.19. The summed E-state index contributed by atoms with van der Waals surface area (Å²) in [5, 5.41) is 18.5. The standard InChI is InChI=1S/C25H15N5O2S2.C2H4O2/c31-23-22(16-8-3-1-4-9-16)28-30-24(32)20(34-25(30)26-23)14-17-15-29(18-10-5-2-6-11-18)27-21(17)19-12-7-13-33-19;1-2(3)4/h1-15H;1H3,(H,3,4). The van der Waals surface area contributed by atoms with Crippen LogP contribution in [0.4, 0.5) is 0 Å². The molecule has 0 bridgehead atoms. The van der Waals surface area contributed by atoms with E-state index < -0.39 is 11.5 Å². The molecule has 0 atom stereocenters. The highest BCUT2D eigenvalue weighted by atomic mass is 32.1. The molecule has 0 spiro atoms. The second-order valence-electron chi connectivity index (χ2n) is 7.95. The molecule has 0 amide bonds. The molecule has 9 nitrogen and oxygen atoms in total. The van der Waals surface area contributed by atoms with Gasteiger partial charge in [0.15, 0.2) is 5.69 Å². The molecule has 0 unspecified atom stereocenters. The summed E-state index contributed by atoms with van der Waals surface area (Å²) in [5.41, 5.74) is 2.46. The van der Waals surface area contributed by atoms with Crippen molar-refractivity contribution >= 4 is 39.7 Å². The Morgan fingerprint density at radius 3 is 2.26 bits per heavy atom. The van der Waals surface area contributed by atoms with E-state index in [9.17, 15) is 9.59 Å². The number of hydrogen-bond donors (Lipinski definition) is 1. The quantitative estimate of drug-likeness (QED) is 0.361. The van der Waals surface area contributed by atoms with Crippen LogP contribution in [0.2, 0.25) is 0 Å². The lowest BCUT2D eigenvalue weighted by molar-refractivity contribution is -0.134. The minimum absolute atomic E-state index is 0.149. The molecular formula is C27H19N5O4S2. The van der Waals surface area contributed by atoms with Crippen molar-refractivity contribution in [1.82, 2.24) is 24.4 Å². The summed E-state index contributed by atoms with van der Waals surface area (Å²) >= 11 is 2.71. The lowest BCUT2D eigenvalue weighted by Gasteiger charge is -1.99. The zero-order valence-corrected chi connectivity index (χ0v) is 21.5. The lowest BCUT2D eigenvalue weighted by Crippen LogP contribution is -2.26. The van der Waals surface area contributed by atoms with Gasteiger partial charge in [-0.2, -0.15) is 19.7 Å². The van der Waals surface area contributed by atoms with Crippen LogP contribution in [-0.2, 0) is 4.79 Å². The van der Waals surface area contributed by atoms with Gasteiger partial charge in [0.05, 0.1) is 15.1 Å². The third-order valence-electron chi connectivity index (χ3n) is 5.24. The maximum atomic E-state index is 13.2. The summed E-state index contributed by atoms with van der Waals surface area (Å²) in [6.45, 7) is 1.08. The Kier molecular flexibility index (Phi) is 7.03. The highest BCUT2D eigenvalue weighted by Gasteiger charge is 2.15. The normalized spacial score (nSPS) is 11.3. The van der Waals surface area contributed by atoms with Gasteiger partial charge in [0.1, 0.15) is 5.69 Å². The van der Waals surface area contributed by atoms with Crippen LogP contribution in [0, 0.1) is 0 Å². The molecule has 4 aromatic heterocycles. The predicted octanol–water partition coefficient (Wildman–Crippen LogP) is 3.73. The van der Waals surface area contributed by atoms with Crippen LogP contribution >= 0.6 is 22.7 Å². The van der Waals surface area contributed by atoms with Gasteiger partial charge < -0.3 is 5.11 Å². The van der Waals surface area contributed by atoms with Gasteiger partial charge in [0, 0.05) is 24.2 Å². The molecule has 0 radical (unpaired) electrons. The first kappa shape index (κ1) is 24.9. The fraction of sp³-hybridized carbons (Fsp3) is 0.0370. The number of thiophene rings is 1. The van der Waals surface area contributed by atoms with Crippen molar-refractivity contribution in [3.63, 3.8) is 0 Å². The van der Waals surface area contributed by atoms with E-state index in [4.69, 9.17) is 15.0 Å². The van der Waals surface area contributed by atoms with Crippen molar-refractivity contribution in [2.75, 3.05) is 0 Å². The van der Waals surface area contributed by atoms with Crippen LogP contribution in [0.3, 0.4) is 0 Å². The topological polar surface area (TPSA) is 119 Å². The summed E-state index contributed by atoms with van der Waals surface area (Å²) in [7, 11) is 0. The summed E-state index contributed by atoms with van der Waals surface area (Å²) in [5.74, 6) is -0.833. The summed E-state index contributed by atoms with van der Waals surface area (Å²) in [6.07, 6.45) is 3.69. The van der Waals surface area contributed by atoms with E-state index in [0.717, 1.165) is 40.1 Å². The smallest absolute Gasteiger partial charge is 0.300 e. The molecule has 6 rings (SSSR count). The van der Waals surface area contributed by atoms with Gasteiger partial charge >= 0.3 is 5.56 Å². The molecule has 2 aromatic carbocycles. The molecule has 0 aliphatic carbocycles. The largest absolute Gasteiger partial charge is 0.481 e. The van der Waals surface area contributed by atoms with Gasteiger partial charge in [-0.3, -0.25) is 14.4 Å². The second kappa shape index (κ2) is 10.7. The monoisotopic (exact) mass is 541 g/mol. The Hall–Kier alpha value is -4.74. The number of fused-ring (bicyclic) bond motifs is 1. The van der Waals surface area contributed by atoms with Gasteiger partial charge in [-0.1, -0.05) is 65.9 Å². The number of rotatable bonds is 4. The number of aromatic nitrogens is 5. The fourth-order valence-electron chi connectivity index (χ4n) is 3.64. The number of nitrogens with zero attached hydrogens (tertiary/aromatic N) is 5. The molecule has 38 heavy (non-hydrogen) atoms. The van der Waals surface area contributed by atoms with Crippen molar-refractivity contribution in [3.8, 4) is 27.5 Å². The maximum Gasteiger partial charge on any atom is 0.300 e. The van der Waals surface area contributed by atoms with Gasteiger partial charge in [0.25, 0.3) is 11.5 Å². The van der Waals surface area contributed by atoms with E-state index in [-0.39, 0.29) is 16.2 Å². The Morgan fingerprint density at radius 2 is 1.61 bits per heavy atom. The molecule has 11 heteroatoms. The second-order valence-corrected chi connectivity index (χ2v) is 9.91. The molecule has 6 aromatic rings.